The van der Waals surface area contributed by atoms with Gasteiger partial charge in [0.1, 0.15) is 0 Å². The lowest BCUT2D eigenvalue weighted by Crippen LogP contribution is -2.29. The normalized spacial score (nSPS) is 16.4. The largest absolute Gasteiger partial charge is 0.491 e. The van der Waals surface area contributed by atoms with E-state index in [4.69, 9.17) is 21.0 Å². The molecule has 0 aromatic heterocycles. The molecule has 0 spiro atoms. The molecule has 2 aliphatic heterocycles. The Balaban J connectivity index is 1.50. The Morgan fingerprint density at radius 1 is 1.33 bits per heavy atom. The summed E-state index contributed by atoms with van der Waals surface area (Å²) in [5.41, 5.74) is 1.50. The molecule has 128 valence electrons. The van der Waals surface area contributed by atoms with Gasteiger partial charge in [-0.25, -0.2) is 4.79 Å². The number of amides is 1. The molecule has 1 amide bonds. The lowest BCUT2D eigenvalue weighted by Gasteiger charge is -2.15. The lowest BCUT2D eigenvalue weighted by atomic mass is 9.79. The molecule has 0 saturated carbocycles. The van der Waals surface area contributed by atoms with Crippen molar-refractivity contribution in [3.05, 3.63) is 28.3 Å². The number of ether oxygens (including phenoxy) is 1. The van der Waals surface area contributed by atoms with Gasteiger partial charge in [0.25, 0.3) is 0 Å². The average Bonchev–Trinajstić information content (AvgIpc) is 3.21. The van der Waals surface area contributed by atoms with E-state index < -0.39 is 13.1 Å². The van der Waals surface area contributed by atoms with E-state index in [1.54, 1.807) is 6.07 Å². The highest BCUT2D eigenvalue weighted by Gasteiger charge is 2.29. The Bertz CT molecular complexity index is 648. The van der Waals surface area contributed by atoms with E-state index in [0.717, 1.165) is 31.5 Å². The first-order chi connectivity index (χ1) is 11.6. The van der Waals surface area contributed by atoms with Gasteiger partial charge < -0.3 is 19.3 Å². The van der Waals surface area contributed by atoms with E-state index in [2.05, 4.69) is 0 Å². The molecule has 2 aliphatic rings. The van der Waals surface area contributed by atoms with E-state index >= 15 is 0 Å². The minimum absolute atomic E-state index is 0.111. The van der Waals surface area contributed by atoms with Gasteiger partial charge in [-0.15, -0.1) is 0 Å². The van der Waals surface area contributed by atoms with Crippen LogP contribution in [0, 0.1) is 0 Å². The Labute approximate surface area is 145 Å². The van der Waals surface area contributed by atoms with Gasteiger partial charge in [-0.05, 0) is 42.4 Å². The van der Waals surface area contributed by atoms with Gasteiger partial charge in [0.2, 0.25) is 5.91 Å². The smallest absolute Gasteiger partial charge is 0.462 e. The average molecular weight is 352 g/mol. The second kappa shape index (κ2) is 7.55. The van der Waals surface area contributed by atoms with E-state index in [9.17, 15) is 14.6 Å². The molecule has 0 atom stereocenters. The molecule has 24 heavy (non-hydrogen) atoms. The molecular weight excluding hydrogens is 332 g/mol. The highest BCUT2D eigenvalue weighted by molar-refractivity contribution is 6.61. The molecule has 2 heterocycles. The van der Waals surface area contributed by atoms with Crippen LogP contribution in [0.3, 0.4) is 0 Å². The molecule has 1 N–H and O–H groups in total. The Kier molecular flexibility index (Phi) is 5.43. The summed E-state index contributed by atoms with van der Waals surface area (Å²) >= 11 is 6.10. The topological polar surface area (TPSA) is 76.1 Å². The third-order valence-corrected chi connectivity index (χ3v) is 4.65. The zero-order valence-corrected chi connectivity index (χ0v) is 14.1. The van der Waals surface area contributed by atoms with Gasteiger partial charge in [0.05, 0.1) is 23.8 Å². The molecule has 8 heteroatoms. The molecule has 1 saturated heterocycles. The van der Waals surface area contributed by atoms with Crippen LogP contribution in [-0.2, 0) is 20.8 Å². The van der Waals surface area contributed by atoms with Crippen LogP contribution in [-0.4, -0.2) is 48.6 Å². The maximum Gasteiger partial charge on any atom is 0.491 e. The number of benzene rings is 1. The minimum atomic E-state index is -1.04. The highest BCUT2D eigenvalue weighted by atomic mass is 35.5. The lowest BCUT2D eigenvalue weighted by molar-refractivity contribution is -0.130. The van der Waals surface area contributed by atoms with Gasteiger partial charge in [-0.3, -0.25) is 4.79 Å². The summed E-state index contributed by atoms with van der Waals surface area (Å²) in [5.74, 6) is -0.449. The van der Waals surface area contributed by atoms with Crippen LogP contribution in [0.2, 0.25) is 5.02 Å². The van der Waals surface area contributed by atoms with Crippen LogP contribution in [0.1, 0.15) is 41.6 Å². The van der Waals surface area contributed by atoms with Crippen LogP contribution in [0.4, 0.5) is 0 Å². The van der Waals surface area contributed by atoms with Crippen LogP contribution in [0.25, 0.3) is 0 Å². The summed E-state index contributed by atoms with van der Waals surface area (Å²) in [6.07, 6.45) is 2.98. The molecule has 6 nitrogen and oxygen atoms in total. The molecule has 1 aromatic rings. The summed E-state index contributed by atoms with van der Waals surface area (Å²) in [5, 5.41) is 9.97. The van der Waals surface area contributed by atoms with Crippen LogP contribution in [0.15, 0.2) is 12.1 Å². The van der Waals surface area contributed by atoms with E-state index in [0.29, 0.717) is 18.3 Å². The molecule has 0 radical (unpaired) electrons. The Hall–Kier alpha value is -1.57. The predicted octanol–water partition coefficient (Wildman–Crippen LogP) is 1.12. The van der Waals surface area contributed by atoms with Crippen molar-refractivity contribution in [2.75, 3.05) is 19.7 Å². The predicted molar refractivity (Wildman–Crippen MR) is 89.2 cm³/mol. The molecule has 0 aliphatic carbocycles. The number of likely N-dealkylation sites (tertiary alicyclic amines) is 1. The van der Waals surface area contributed by atoms with Gasteiger partial charge in [0.15, 0.2) is 0 Å². The first kappa shape index (κ1) is 17.3. The highest BCUT2D eigenvalue weighted by Crippen LogP contribution is 2.21. The fraction of sp³-hybridized carbons (Fsp3) is 0.500. The molecule has 0 unspecified atom stereocenters. The summed E-state index contributed by atoms with van der Waals surface area (Å²) in [6, 6.07) is 3.12. The number of halogens is 1. The number of carbonyl (C=O) groups excluding carboxylic acids is 2. The van der Waals surface area contributed by atoms with E-state index in [-0.39, 0.29) is 29.7 Å². The summed E-state index contributed by atoms with van der Waals surface area (Å²) in [4.78, 5) is 25.9. The number of rotatable bonds is 5. The van der Waals surface area contributed by atoms with E-state index in [1.807, 2.05) is 4.90 Å². The number of fused-ring (bicyclic) bond motifs is 1. The molecule has 0 bridgehead atoms. The first-order valence-electron chi connectivity index (χ1n) is 8.13. The summed E-state index contributed by atoms with van der Waals surface area (Å²) in [6.45, 7) is 2.08. The number of esters is 1. The van der Waals surface area contributed by atoms with Crippen molar-refractivity contribution in [2.24, 2.45) is 0 Å². The molecule has 3 rings (SSSR count). The van der Waals surface area contributed by atoms with Crippen molar-refractivity contribution >= 4 is 36.1 Å². The second-order valence-electron chi connectivity index (χ2n) is 6.02. The second-order valence-corrected chi connectivity index (χ2v) is 6.43. The van der Waals surface area contributed by atoms with Gasteiger partial charge >= 0.3 is 13.1 Å². The zero-order valence-electron chi connectivity index (χ0n) is 13.3. The van der Waals surface area contributed by atoms with Crippen molar-refractivity contribution in [2.45, 2.75) is 32.3 Å². The Morgan fingerprint density at radius 2 is 2.08 bits per heavy atom. The van der Waals surface area contributed by atoms with Crippen LogP contribution < -0.4 is 5.46 Å². The first-order valence-corrected chi connectivity index (χ1v) is 8.51. The third-order valence-electron chi connectivity index (χ3n) is 4.34. The number of carbonyl (C=O) groups is 2. The van der Waals surface area contributed by atoms with Crippen molar-refractivity contribution in [1.29, 1.82) is 0 Å². The minimum Gasteiger partial charge on any atom is -0.462 e. The SMILES string of the molecule is O=C(OCCCC(=O)N1CCCC1)c1cc2c(cc1Cl)COB2O. The molecular formula is C16H19BClNO5. The number of nitrogens with zero attached hydrogens (tertiary/aromatic N) is 1. The monoisotopic (exact) mass is 351 g/mol. The fourth-order valence-electron chi connectivity index (χ4n) is 2.99. The maximum absolute atomic E-state index is 12.1. The summed E-state index contributed by atoms with van der Waals surface area (Å²) < 4.78 is 10.3. The van der Waals surface area contributed by atoms with E-state index in [1.165, 1.54) is 6.07 Å². The zero-order chi connectivity index (χ0) is 17.1. The fourth-order valence-corrected chi connectivity index (χ4v) is 3.26. The standard InChI is InChI=1S/C16H19BClNO5/c18-14-8-11-10-24-17(22)13(11)9-12(14)16(21)23-7-3-4-15(20)19-5-1-2-6-19/h8-9,22H,1-7,10H2. The summed E-state index contributed by atoms with van der Waals surface area (Å²) in [7, 11) is -1.04. The van der Waals surface area contributed by atoms with Crippen molar-refractivity contribution in [3.8, 4) is 0 Å². The van der Waals surface area contributed by atoms with Crippen molar-refractivity contribution in [1.82, 2.24) is 4.90 Å². The Morgan fingerprint density at radius 3 is 2.83 bits per heavy atom. The van der Waals surface area contributed by atoms with Crippen molar-refractivity contribution < 1.29 is 24.0 Å². The van der Waals surface area contributed by atoms with Crippen LogP contribution >= 0.6 is 11.6 Å². The van der Waals surface area contributed by atoms with Crippen LogP contribution in [0.5, 0.6) is 0 Å². The van der Waals surface area contributed by atoms with Crippen molar-refractivity contribution in [3.63, 3.8) is 0 Å². The maximum atomic E-state index is 12.1. The molecule has 1 aromatic carbocycles. The van der Waals surface area contributed by atoms with Gasteiger partial charge in [0, 0.05) is 19.5 Å². The molecule has 1 fully saturated rings. The van der Waals surface area contributed by atoms with Gasteiger partial charge in [-0.2, -0.15) is 0 Å². The van der Waals surface area contributed by atoms with Gasteiger partial charge in [-0.1, -0.05) is 11.6 Å². The number of hydrogen-bond donors (Lipinski definition) is 1. The third kappa shape index (κ3) is 3.74. The quantitative estimate of drug-likeness (QED) is 0.489. The number of hydrogen-bond acceptors (Lipinski definition) is 5.